The molecule has 2 aromatic carbocycles. The maximum absolute atomic E-state index is 13.1. The molecule has 3 aromatic rings. The minimum absolute atomic E-state index is 0.0120. The Morgan fingerprint density at radius 1 is 1.19 bits per heavy atom. The standard InChI is InChI=1S/C19H14ClFN2O3/c1-11(26-19(25)13-8-7-12(21)10-15(13)20)18(24)23-17-6-2-5-16-14(17)4-3-9-22-16/h2-11H,1H3,(H,23,24). The van der Waals surface area contributed by atoms with Gasteiger partial charge in [0.25, 0.3) is 5.91 Å². The average molecular weight is 373 g/mol. The molecule has 0 radical (unpaired) electrons. The van der Waals surface area contributed by atoms with Crippen LogP contribution in [0.25, 0.3) is 10.9 Å². The summed E-state index contributed by atoms with van der Waals surface area (Å²) in [5.41, 5.74) is 1.28. The number of carbonyl (C=O) groups is 2. The predicted molar refractivity (Wildman–Crippen MR) is 96.7 cm³/mol. The van der Waals surface area contributed by atoms with Gasteiger partial charge in [0.2, 0.25) is 0 Å². The Balaban J connectivity index is 1.72. The molecule has 0 fully saturated rings. The van der Waals surface area contributed by atoms with Crippen molar-refractivity contribution in [3.05, 3.63) is 71.1 Å². The lowest BCUT2D eigenvalue weighted by molar-refractivity contribution is -0.123. The van der Waals surface area contributed by atoms with Crippen LogP contribution >= 0.6 is 11.6 Å². The highest BCUT2D eigenvalue weighted by Gasteiger charge is 2.21. The summed E-state index contributed by atoms with van der Waals surface area (Å²) in [7, 11) is 0. The van der Waals surface area contributed by atoms with Crippen molar-refractivity contribution in [2.75, 3.05) is 5.32 Å². The van der Waals surface area contributed by atoms with Crippen LogP contribution in [0, 0.1) is 5.82 Å². The van der Waals surface area contributed by atoms with Crippen molar-refractivity contribution >= 4 is 40.1 Å². The number of aromatic nitrogens is 1. The summed E-state index contributed by atoms with van der Waals surface area (Å²) in [6, 6.07) is 12.2. The van der Waals surface area contributed by atoms with E-state index in [1.165, 1.54) is 13.0 Å². The van der Waals surface area contributed by atoms with Crippen molar-refractivity contribution in [1.29, 1.82) is 0 Å². The fourth-order valence-corrected chi connectivity index (χ4v) is 2.62. The van der Waals surface area contributed by atoms with Crippen LogP contribution in [0.3, 0.4) is 0 Å². The molecule has 1 N–H and O–H groups in total. The first-order valence-electron chi connectivity index (χ1n) is 7.76. The number of esters is 1. The molecular formula is C19H14ClFN2O3. The number of hydrogen-bond donors (Lipinski definition) is 1. The van der Waals surface area contributed by atoms with E-state index in [1.54, 1.807) is 24.4 Å². The molecule has 0 bridgehead atoms. The van der Waals surface area contributed by atoms with E-state index in [4.69, 9.17) is 16.3 Å². The summed E-state index contributed by atoms with van der Waals surface area (Å²) in [6.45, 7) is 1.44. The molecule has 1 atom stereocenters. The summed E-state index contributed by atoms with van der Waals surface area (Å²) in [5, 5.41) is 3.40. The quantitative estimate of drug-likeness (QED) is 0.696. The number of nitrogens with zero attached hydrogens (tertiary/aromatic N) is 1. The van der Waals surface area contributed by atoms with Crippen molar-refractivity contribution < 1.29 is 18.7 Å². The highest BCUT2D eigenvalue weighted by Crippen LogP contribution is 2.22. The molecule has 0 saturated carbocycles. The molecule has 0 aliphatic heterocycles. The Morgan fingerprint density at radius 2 is 2.00 bits per heavy atom. The zero-order valence-electron chi connectivity index (χ0n) is 13.7. The normalized spacial score (nSPS) is 11.8. The molecule has 0 spiro atoms. The van der Waals surface area contributed by atoms with Gasteiger partial charge in [-0.15, -0.1) is 0 Å². The predicted octanol–water partition coefficient (Wildman–Crippen LogP) is 4.21. The van der Waals surface area contributed by atoms with Crippen LogP contribution in [-0.4, -0.2) is 23.0 Å². The number of benzene rings is 2. The van der Waals surface area contributed by atoms with Gasteiger partial charge in [-0.05, 0) is 49.4 Å². The van der Waals surface area contributed by atoms with Crippen molar-refractivity contribution in [2.24, 2.45) is 0 Å². The second kappa shape index (κ2) is 7.49. The van der Waals surface area contributed by atoms with Crippen LogP contribution in [0.15, 0.2) is 54.7 Å². The summed E-state index contributed by atoms with van der Waals surface area (Å²) >= 11 is 5.83. The van der Waals surface area contributed by atoms with E-state index in [0.717, 1.165) is 23.0 Å². The van der Waals surface area contributed by atoms with Gasteiger partial charge in [0, 0.05) is 11.6 Å². The van der Waals surface area contributed by atoms with Crippen LogP contribution in [0.4, 0.5) is 10.1 Å². The van der Waals surface area contributed by atoms with Gasteiger partial charge in [-0.3, -0.25) is 9.78 Å². The smallest absolute Gasteiger partial charge is 0.340 e. The molecule has 0 saturated heterocycles. The number of amides is 1. The summed E-state index contributed by atoms with van der Waals surface area (Å²) in [5.74, 6) is -1.88. The number of halogens is 2. The third-order valence-electron chi connectivity index (χ3n) is 3.71. The molecule has 1 aromatic heterocycles. The van der Waals surface area contributed by atoms with Gasteiger partial charge >= 0.3 is 5.97 Å². The highest BCUT2D eigenvalue weighted by molar-refractivity contribution is 6.33. The molecule has 1 unspecified atom stereocenters. The number of hydrogen-bond acceptors (Lipinski definition) is 4. The number of nitrogens with one attached hydrogen (secondary N) is 1. The first kappa shape index (κ1) is 17.8. The molecule has 0 aliphatic rings. The Hall–Kier alpha value is -2.99. The van der Waals surface area contributed by atoms with E-state index in [0.29, 0.717) is 5.69 Å². The van der Waals surface area contributed by atoms with Gasteiger partial charge in [0.15, 0.2) is 6.10 Å². The summed E-state index contributed by atoms with van der Waals surface area (Å²) < 4.78 is 18.2. The van der Waals surface area contributed by atoms with Gasteiger partial charge in [0.05, 0.1) is 21.8 Å². The van der Waals surface area contributed by atoms with E-state index in [9.17, 15) is 14.0 Å². The van der Waals surface area contributed by atoms with Crippen LogP contribution in [0.5, 0.6) is 0 Å². The lowest BCUT2D eigenvalue weighted by Gasteiger charge is -2.15. The van der Waals surface area contributed by atoms with Crippen molar-refractivity contribution in [3.8, 4) is 0 Å². The number of anilines is 1. The zero-order valence-corrected chi connectivity index (χ0v) is 14.5. The van der Waals surface area contributed by atoms with E-state index in [2.05, 4.69) is 10.3 Å². The summed E-state index contributed by atoms with van der Waals surface area (Å²) in [4.78, 5) is 28.7. The second-order valence-electron chi connectivity index (χ2n) is 5.54. The minimum Gasteiger partial charge on any atom is -0.449 e. The molecule has 5 nitrogen and oxygen atoms in total. The molecule has 0 aliphatic carbocycles. The first-order valence-corrected chi connectivity index (χ1v) is 8.14. The Labute approximate surface area is 153 Å². The third-order valence-corrected chi connectivity index (χ3v) is 4.02. The van der Waals surface area contributed by atoms with Gasteiger partial charge in [-0.1, -0.05) is 17.7 Å². The molecule has 3 rings (SSSR count). The topological polar surface area (TPSA) is 68.3 Å². The molecular weight excluding hydrogens is 359 g/mol. The van der Waals surface area contributed by atoms with Gasteiger partial charge in [-0.25, -0.2) is 9.18 Å². The maximum atomic E-state index is 13.1. The Kier molecular flexibility index (Phi) is 5.14. The van der Waals surface area contributed by atoms with Crippen molar-refractivity contribution in [2.45, 2.75) is 13.0 Å². The lowest BCUT2D eigenvalue weighted by Crippen LogP contribution is -2.30. The first-order chi connectivity index (χ1) is 12.5. The maximum Gasteiger partial charge on any atom is 0.340 e. The number of rotatable bonds is 4. The van der Waals surface area contributed by atoms with E-state index < -0.39 is 23.8 Å². The van der Waals surface area contributed by atoms with Gasteiger partial charge < -0.3 is 10.1 Å². The van der Waals surface area contributed by atoms with Crippen molar-refractivity contribution in [3.63, 3.8) is 0 Å². The molecule has 1 heterocycles. The fourth-order valence-electron chi connectivity index (χ4n) is 2.38. The molecule has 26 heavy (non-hydrogen) atoms. The van der Waals surface area contributed by atoms with Crippen LogP contribution in [0.1, 0.15) is 17.3 Å². The average Bonchev–Trinajstić information content (AvgIpc) is 2.61. The monoisotopic (exact) mass is 372 g/mol. The minimum atomic E-state index is -1.07. The second-order valence-corrected chi connectivity index (χ2v) is 5.94. The number of carbonyl (C=O) groups excluding carboxylic acids is 2. The zero-order chi connectivity index (χ0) is 18.7. The Bertz CT molecular complexity index is 988. The largest absolute Gasteiger partial charge is 0.449 e. The molecule has 132 valence electrons. The van der Waals surface area contributed by atoms with Crippen molar-refractivity contribution in [1.82, 2.24) is 4.98 Å². The third kappa shape index (κ3) is 3.81. The van der Waals surface area contributed by atoms with E-state index in [1.807, 2.05) is 12.1 Å². The van der Waals surface area contributed by atoms with E-state index >= 15 is 0 Å². The number of ether oxygens (including phenoxy) is 1. The SMILES string of the molecule is CC(OC(=O)c1ccc(F)cc1Cl)C(=O)Nc1cccc2ncccc12. The fraction of sp³-hybridized carbons (Fsp3) is 0.105. The van der Waals surface area contributed by atoms with Crippen LogP contribution in [-0.2, 0) is 9.53 Å². The number of fused-ring (bicyclic) bond motifs is 1. The number of pyridine rings is 1. The molecule has 7 heteroatoms. The van der Waals surface area contributed by atoms with Crippen LogP contribution < -0.4 is 5.32 Å². The van der Waals surface area contributed by atoms with Crippen LogP contribution in [0.2, 0.25) is 5.02 Å². The lowest BCUT2D eigenvalue weighted by atomic mass is 10.1. The Morgan fingerprint density at radius 3 is 2.77 bits per heavy atom. The summed E-state index contributed by atoms with van der Waals surface area (Å²) in [6.07, 6.45) is 0.584. The molecule has 1 amide bonds. The van der Waals surface area contributed by atoms with E-state index in [-0.39, 0.29) is 10.6 Å². The van der Waals surface area contributed by atoms with Gasteiger partial charge in [-0.2, -0.15) is 0 Å². The van der Waals surface area contributed by atoms with Gasteiger partial charge in [0.1, 0.15) is 5.82 Å². The highest BCUT2D eigenvalue weighted by atomic mass is 35.5.